The van der Waals surface area contributed by atoms with Crippen molar-refractivity contribution in [1.82, 2.24) is 0 Å². The van der Waals surface area contributed by atoms with Crippen molar-refractivity contribution in [2.75, 3.05) is 16.8 Å². The quantitative estimate of drug-likeness (QED) is 0.922. The first-order valence-electron chi connectivity index (χ1n) is 6.40. The number of carbonyl (C=O) groups is 2. The normalized spacial score (nSPS) is 13.2. The first-order chi connectivity index (χ1) is 9.65. The molecule has 3 rings (SSSR count). The van der Waals surface area contributed by atoms with Gasteiger partial charge in [-0.1, -0.05) is 0 Å². The first kappa shape index (κ1) is 12.9. The molecule has 1 aliphatic heterocycles. The third-order valence-electron chi connectivity index (χ3n) is 3.40. The fourth-order valence-electron chi connectivity index (χ4n) is 2.41. The van der Waals surface area contributed by atoms with Crippen molar-refractivity contribution in [3.63, 3.8) is 0 Å². The maximum Gasteiger partial charge on any atom is 0.255 e. The van der Waals surface area contributed by atoms with E-state index in [1.165, 1.54) is 0 Å². The van der Waals surface area contributed by atoms with Crippen molar-refractivity contribution in [2.24, 2.45) is 0 Å². The van der Waals surface area contributed by atoms with Crippen LogP contribution in [0.1, 0.15) is 22.8 Å². The number of nitrogens with one attached hydrogen (secondary N) is 1. The molecule has 2 aromatic rings. The Morgan fingerprint density at radius 3 is 2.85 bits per heavy atom. The van der Waals surface area contributed by atoms with Gasteiger partial charge in [0.15, 0.2) is 0 Å². The minimum Gasteiger partial charge on any atom is -0.321 e. The van der Waals surface area contributed by atoms with Crippen LogP contribution in [0.5, 0.6) is 0 Å². The molecule has 0 unspecified atom stereocenters. The zero-order valence-electron chi connectivity index (χ0n) is 11.1. The van der Waals surface area contributed by atoms with E-state index < -0.39 is 0 Å². The van der Waals surface area contributed by atoms with Crippen LogP contribution in [0.4, 0.5) is 11.4 Å². The van der Waals surface area contributed by atoms with Gasteiger partial charge in [-0.05, 0) is 41.6 Å². The summed E-state index contributed by atoms with van der Waals surface area (Å²) in [6.45, 7) is 2.26. The number of hydrogen-bond donors (Lipinski definition) is 1. The first-order valence-corrected chi connectivity index (χ1v) is 7.34. The van der Waals surface area contributed by atoms with Crippen molar-refractivity contribution in [3.8, 4) is 0 Å². The van der Waals surface area contributed by atoms with Crippen LogP contribution in [0.2, 0.25) is 0 Å². The van der Waals surface area contributed by atoms with Crippen molar-refractivity contribution in [2.45, 2.75) is 13.3 Å². The summed E-state index contributed by atoms with van der Waals surface area (Å²) in [5.41, 5.74) is 3.41. The van der Waals surface area contributed by atoms with E-state index in [0.717, 1.165) is 23.4 Å². The van der Waals surface area contributed by atoms with Crippen LogP contribution in [0.3, 0.4) is 0 Å². The minimum absolute atomic E-state index is 0.0409. The third-order valence-corrected chi connectivity index (χ3v) is 4.08. The molecule has 0 radical (unpaired) electrons. The van der Waals surface area contributed by atoms with Gasteiger partial charge in [-0.2, -0.15) is 11.3 Å². The number of rotatable bonds is 2. The summed E-state index contributed by atoms with van der Waals surface area (Å²) in [6.07, 6.45) is 0.800. The molecule has 0 saturated heterocycles. The van der Waals surface area contributed by atoms with Gasteiger partial charge in [0.2, 0.25) is 5.91 Å². The predicted octanol–water partition coefficient (Wildman–Crippen LogP) is 2.91. The Morgan fingerprint density at radius 2 is 2.15 bits per heavy atom. The zero-order chi connectivity index (χ0) is 14.1. The molecule has 0 saturated carbocycles. The summed E-state index contributed by atoms with van der Waals surface area (Å²) in [4.78, 5) is 25.4. The maximum absolute atomic E-state index is 12.1. The molecule has 1 N–H and O–H groups in total. The number of amides is 2. The summed E-state index contributed by atoms with van der Waals surface area (Å²) < 4.78 is 0. The van der Waals surface area contributed by atoms with Crippen molar-refractivity contribution >= 4 is 34.5 Å². The van der Waals surface area contributed by atoms with Crippen LogP contribution in [0.15, 0.2) is 35.0 Å². The molecule has 102 valence electrons. The molecule has 2 heterocycles. The molecule has 1 aromatic carbocycles. The van der Waals surface area contributed by atoms with Crippen LogP contribution in [-0.4, -0.2) is 18.4 Å². The smallest absolute Gasteiger partial charge is 0.255 e. The lowest BCUT2D eigenvalue weighted by Gasteiger charge is -2.14. The van der Waals surface area contributed by atoms with Gasteiger partial charge in [0.05, 0.1) is 5.69 Å². The van der Waals surface area contributed by atoms with Gasteiger partial charge in [-0.25, -0.2) is 0 Å². The van der Waals surface area contributed by atoms with Gasteiger partial charge in [-0.3, -0.25) is 9.59 Å². The van der Waals surface area contributed by atoms with E-state index in [-0.39, 0.29) is 11.8 Å². The van der Waals surface area contributed by atoms with Crippen LogP contribution in [0, 0.1) is 0 Å². The predicted molar refractivity (Wildman–Crippen MR) is 80.4 cm³/mol. The molecular formula is C15H14N2O2S. The van der Waals surface area contributed by atoms with Crippen molar-refractivity contribution in [3.05, 3.63) is 46.2 Å². The summed E-state index contributed by atoms with van der Waals surface area (Å²) >= 11 is 1.54. The highest BCUT2D eigenvalue weighted by atomic mass is 32.1. The van der Waals surface area contributed by atoms with E-state index in [1.807, 2.05) is 29.0 Å². The van der Waals surface area contributed by atoms with Crippen LogP contribution in [0.25, 0.3) is 0 Å². The van der Waals surface area contributed by atoms with Gasteiger partial charge in [0.25, 0.3) is 5.91 Å². The molecule has 0 aliphatic carbocycles. The highest BCUT2D eigenvalue weighted by Gasteiger charge is 2.23. The highest BCUT2D eigenvalue weighted by molar-refractivity contribution is 7.08. The molecule has 2 amide bonds. The lowest BCUT2D eigenvalue weighted by Crippen LogP contribution is -2.25. The van der Waals surface area contributed by atoms with E-state index in [1.54, 1.807) is 29.2 Å². The number of anilines is 2. The third kappa shape index (κ3) is 2.32. The average Bonchev–Trinajstić information content (AvgIpc) is 3.06. The summed E-state index contributed by atoms with van der Waals surface area (Å²) in [5, 5.41) is 6.67. The van der Waals surface area contributed by atoms with E-state index in [9.17, 15) is 9.59 Å². The van der Waals surface area contributed by atoms with Gasteiger partial charge in [0.1, 0.15) is 0 Å². The molecule has 0 atom stereocenters. The molecular weight excluding hydrogens is 272 g/mol. The number of benzene rings is 1. The number of thiophene rings is 1. The van der Waals surface area contributed by atoms with Gasteiger partial charge in [0, 0.05) is 30.1 Å². The Hall–Kier alpha value is -2.14. The second kappa shape index (κ2) is 5.09. The molecule has 20 heavy (non-hydrogen) atoms. The lowest BCUT2D eigenvalue weighted by atomic mass is 10.1. The molecule has 4 nitrogen and oxygen atoms in total. The Kier molecular flexibility index (Phi) is 3.28. The number of hydrogen-bond acceptors (Lipinski definition) is 3. The van der Waals surface area contributed by atoms with E-state index in [4.69, 9.17) is 0 Å². The summed E-state index contributed by atoms with van der Waals surface area (Å²) in [6, 6.07) is 7.36. The van der Waals surface area contributed by atoms with Crippen molar-refractivity contribution in [1.29, 1.82) is 0 Å². The second-order valence-corrected chi connectivity index (χ2v) is 5.51. The molecule has 0 spiro atoms. The van der Waals surface area contributed by atoms with Gasteiger partial charge < -0.3 is 10.2 Å². The van der Waals surface area contributed by atoms with Gasteiger partial charge in [-0.15, -0.1) is 0 Å². The number of nitrogens with zero attached hydrogens (tertiary/aromatic N) is 1. The maximum atomic E-state index is 12.1. The topological polar surface area (TPSA) is 49.4 Å². The summed E-state index contributed by atoms with van der Waals surface area (Å²) in [7, 11) is 0. The number of fused-ring (bicyclic) bond motifs is 1. The van der Waals surface area contributed by atoms with E-state index in [0.29, 0.717) is 12.1 Å². The SMILES string of the molecule is CC(=O)N1CCc2cc(C(=O)Nc3ccsc3)ccc21. The fourth-order valence-corrected chi connectivity index (χ4v) is 3.00. The largest absolute Gasteiger partial charge is 0.321 e. The van der Waals surface area contributed by atoms with Crippen LogP contribution >= 0.6 is 11.3 Å². The minimum atomic E-state index is -0.118. The second-order valence-electron chi connectivity index (χ2n) is 4.73. The fraction of sp³-hybridized carbons (Fsp3) is 0.200. The Morgan fingerprint density at radius 1 is 1.30 bits per heavy atom. The molecule has 0 bridgehead atoms. The van der Waals surface area contributed by atoms with Gasteiger partial charge >= 0.3 is 0 Å². The molecule has 0 fully saturated rings. The Balaban J connectivity index is 1.83. The van der Waals surface area contributed by atoms with Crippen molar-refractivity contribution < 1.29 is 9.59 Å². The number of carbonyl (C=O) groups excluding carboxylic acids is 2. The highest BCUT2D eigenvalue weighted by Crippen LogP contribution is 2.29. The van der Waals surface area contributed by atoms with E-state index >= 15 is 0 Å². The molecule has 1 aliphatic rings. The Bertz CT molecular complexity index is 665. The van der Waals surface area contributed by atoms with Crippen LogP contribution in [-0.2, 0) is 11.2 Å². The standard InChI is InChI=1S/C15H14N2O2S/c1-10(18)17-6-4-11-8-12(2-3-14(11)17)15(19)16-13-5-7-20-9-13/h2-3,5,7-9H,4,6H2,1H3,(H,16,19). The average molecular weight is 286 g/mol. The Labute approximate surface area is 121 Å². The molecule has 1 aromatic heterocycles. The molecule has 5 heteroatoms. The zero-order valence-corrected chi connectivity index (χ0v) is 11.9. The monoisotopic (exact) mass is 286 g/mol. The van der Waals surface area contributed by atoms with Crippen LogP contribution < -0.4 is 10.2 Å². The van der Waals surface area contributed by atoms with E-state index in [2.05, 4.69) is 5.32 Å². The summed E-state index contributed by atoms with van der Waals surface area (Å²) in [5.74, 6) is -0.0771. The lowest BCUT2D eigenvalue weighted by molar-refractivity contribution is -0.116.